The number of carbonyl (C=O) groups excluding carboxylic acids is 2. The molecule has 0 aliphatic rings. The standard InChI is InChI=1S/C30H28N2O2/c1-30(2,3)24-18-16-23(17-19-24)29(34)32-27-25(10-7-11-26(27)28(31)33)22-14-12-21(13-15-22)20-8-5-4-6-9-20/h4-19H,1-3H3,(H2,31,33)(H,32,34). The first kappa shape index (κ1) is 23.0. The summed E-state index contributed by atoms with van der Waals surface area (Å²) >= 11 is 0. The normalized spacial score (nSPS) is 11.1. The molecule has 0 saturated carbocycles. The van der Waals surface area contributed by atoms with Gasteiger partial charge in [-0.25, -0.2) is 0 Å². The predicted molar refractivity (Wildman–Crippen MR) is 139 cm³/mol. The molecule has 4 rings (SSSR count). The number of nitrogens with two attached hydrogens (primary N) is 1. The molecule has 0 heterocycles. The molecule has 0 fully saturated rings. The molecule has 0 saturated heterocycles. The van der Waals surface area contributed by atoms with E-state index in [0.29, 0.717) is 11.3 Å². The summed E-state index contributed by atoms with van der Waals surface area (Å²) < 4.78 is 0. The Morgan fingerprint density at radius 3 is 1.85 bits per heavy atom. The highest BCUT2D eigenvalue weighted by molar-refractivity contribution is 6.11. The van der Waals surface area contributed by atoms with Crippen molar-refractivity contribution in [2.45, 2.75) is 26.2 Å². The summed E-state index contributed by atoms with van der Waals surface area (Å²) in [5.41, 5.74) is 11.8. The van der Waals surface area contributed by atoms with Crippen LogP contribution in [0.15, 0.2) is 97.1 Å². The van der Waals surface area contributed by atoms with Crippen molar-refractivity contribution < 1.29 is 9.59 Å². The molecule has 34 heavy (non-hydrogen) atoms. The van der Waals surface area contributed by atoms with Crippen LogP contribution in [0.25, 0.3) is 22.3 Å². The van der Waals surface area contributed by atoms with E-state index >= 15 is 0 Å². The second-order valence-electron chi connectivity index (χ2n) is 9.32. The Bertz CT molecular complexity index is 1320. The van der Waals surface area contributed by atoms with Crippen molar-refractivity contribution in [3.05, 3.63) is 114 Å². The van der Waals surface area contributed by atoms with Gasteiger partial charge in [-0.15, -0.1) is 0 Å². The van der Waals surface area contributed by atoms with Crippen molar-refractivity contribution in [1.29, 1.82) is 0 Å². The van der Waals surface area contributed by atoms with Crippen molar-refractivity contribution >= 4 is 17.5 Å². The van der Waals surface area contributed by atoms with E-state index in [-0.39, 0.29) is 16.9 Å². The van der Waals surface area contributed by atoms with Gasteiger partial charge in [-0.2, -0.15) is 0 Å². The smallest absolute Gasteiger partial charge is 0.255 e. The van der Waals surface area contributed by atoms with Crippen molar-refractivity contribution in [2.24, 2.45) is 5.73 Å². The molecule has 0 radical (unpaired) electrons. The second kappa shape index (κ2) is 9.36. The monoisotopic (exact) mass is 448 g/mol. The molecular formula is C30H28N2O2. The number of carbonyl (C=O) groups is 2. The first-order chi connectivity index (χ1) is 16.2. The van der Waals surface area contributed by atoms with Crippen LogP contribution >= 0.6 is 0 Å². The van der Waals surface area contributed by atoms with Crippen LogP contribution in [0, 0.1) is 0 Å². The molecule has 4 aromatic rings. The largest absolute Gasteiger partial charge is 0.366 e. The fraction of sp³-hybridized carbons (Fsp3) is 0.133. The third-order valence-electron chi connectivity index (χ3n) is 5.88. The van der Waals surface area contributed by atoms with Crippen molar-refractivity contribution in [3.8, 4) is 22.3 Å². The summed E-state index contributed by atoms with van der Waals surface area (Å²) in [6, 6.07) is 30.9. The Hall–Kier alpha value is -4.18. The molecule has 3 N–H and O–H groups in total. The number of hydrogen-bond donors (Lipinski definition) is 2. The van der Waals surface area contributed by atoms with Gasteiger partial charge in [0.1, 0.15) is 0 Å². The number of nitrogens with one attached hydrogen (secondary N) is 1. The summed E-state index contributed by atoms with van der Waals surface area (Å²) in [5, 5.41) is 2.94. The summed E-state index contributed by atoms with van der Waals surface area (Å²) in [6.45, 7) is 6.38. The van der Waals surface area contributed by atoms with Crippen LogP contribution in [0.3, 0.4) is 0 Å². The third kappa shape index (κ3) is 4.91. The van der Waals surface area contributed by atoms with Crippen molar-refractivity contribution in [3.63, 3.8) is 0 Å². The molecule has 2 amide bonds. The maximum Gasteiger partial charge on any atom is 0.255 e. The Kier molecular flexibility index (Phi) is 6.33. The number of anilines is 1. The maximum absolute atomic E-state index is 13.1. The molecule has 4 heteroatoms. The van der Waals surface area contributed by atoms with Gasteiger partial charge in [0.25, 0.3) is 11.8 Å². The molecular weight excluding hydrogens is 420 g/mol. The lowest BCUT2D eigenvalue weighted by Gasteiger charge is -2.19. The van der Waals surface area contributed by atoms with E-state index in [4.69, 9.17) is 5.73 Å². The van der Waals surface area contributed by atoms with Gasteiger partial charge >= 0.3 is 0 Å². The van der Waals surface area contributed by atoms with E-state index in [9.17, 15) is 9.59 Å². The SMILES string of the molecule is CC(C)(C)c1ccc(C(=O)Nc2c(C(N)=O)cccc2-c2ccc(-c3ccccc3)cc2)cc1. The molecule has 0 aliphatic carbocycles. The van der Waals surface area contributed by atoms with Gasteiger partial charge in [-0.3, -0.25) is 9.59 Å². The van der Waals surface area contributed by atoms with Gasteiger partial charge in [0, 0.05) is 11.1 Å². The lowest BCUT2D eigenvalue weighted by atomic mass is 9.86. The Labute approximate surface area is 200 Å². The van der Waals surface area contributed by atoms with E-state index in [0.717, 1.165) is 27.8 Å². The van der Waals surface area contributed by atoms with Gasteiger partial charge in [0.2, 0.25) is 0 Å². The van der Waals surface area contributed by atoms with Crippen LogP contribution in [0.2, 0.25) is 0 Å². The van der Waals surface area contributed by atoms with Crippen LogP contribution < -0.4 is 11.1 Å². The van der Waals surface area contributed by atoms with E-state index in [1.165, 1.54) is 0 Å². The zero-order valence-corrected chi connectivity index (χ0v) is 19.6. The van der Waals surface area contributed by atoms with E-state index in [1.807, 2.05) is 60.7 Å². The summed E-state index contributed by atoms with van der Waals surface area (Å²) in [5.74, 6) is -0.891. The first-order valence-corrected chi connectivity index (χ1v) is 11.2. The highest BCUT2D eigenvalue weighted by atomic mass is 16.2. The minimum atomic E-state index is -0.596. The average Bonchev–Trinajstić information content (AvgIpc) is 2.84. The third-order valence-corrected chi connectivity index (χ3v) is 5.88. The Balaban J connectivity index is 1.69. The lowest BCUT2D eigenvalue weighted by molar-refractivity contribution is 0.100. The van der Waals surface area contributed by atoms with Crippen LogP contribution in [0.5, 0.6) is 0 Å². The van der Waals surface area contributed by atoms with Crippen LogP contribution in [-0.4, -0.2) is 11.8 Å². The molecule has 0 aliphatic heterocycles. The van der Waals surface area contributed by atoms with E-state index < -0.39 is 5.91 Å². The summed E-state index contributed by atoms with van der Waals surface area (Å²) in [4.78, 5) is 25.3. The fourth-order valence-electron chi connectivity index (χ4n) is 3.91. The fourth-order valence-corrected chi connectivity index (χ4v) is 3.91. The van der Waals surface area contributed by atoms with Crippen LogP contribution in [-0.2, 0) is 5.41 Å². The molecule has 0 aromatic heterocycles. The molecule has 4 aromatic carbocycles. The highest BCUT2D eigenvalue weighted by Crippen LogP contribution is 2.33. The number of amides is 2. The zero-order valence-electron chi connectivity index (χ0n) is 19.6. The van der Waals surface area contributed by atoms with Crippen LogP contribution in [0.1, 0.15) is 47.1 Å². The number of rotatable bonds is 5. The van der Waals surface area contributed by atoms with Gasteiger partial charge in [-0.1, -0.05) is 99.6 Å². The Morgan fingerprint density at radius 1 is 0.676 bits per heavy atom. The number of benzene rings is 4. The van der Waals surface area contributed by atoms with E-state index in [2.05, 4.69) is 38.2 Å². The molecule has 170 valence electrons. The summed E-state index contributed by atoms with van der Waals surface area (Å²) in [7, 11) is 0. The summed E-state index contributed by atoms with van der Waals surface area (Å²) in [6.07, 6.45) is 0. The number of primary amides is 1. The zero-order chi connectivity index (χ0) is 24.3. The topological polar surface area (TPSA) is 72.2 Å². The quantitative estimate of drug-likeness (QED) is 0.358. The number of hydrogen-bond acceptors (Lipinski definition) is 2. The first-order valence-electron chi connectivity index (χ1n) is 11.2. The number of para-hydroxylation sites is 1. The van der Waals surface area contributed by atoms with Gasteiger partial charge in [-0.05, 0) is 45.9 Å². The van der Waals surface area contributed by atoms with Crippen molar-refractivity contribution in [1.82, 2.24) is 0 Å². The van der Waals surface area contributed by atoms with Gasteiger partial charge in [0.05, 0.1) is 11.3 Å². The minimum absolute atomic E-state index is 0.00729. The van der Waals surface area contributed by atoms with Crippen molar-refractivity contribution in [2.75, 3.05) is 5.32 Å². The lowest BCUT2D eigenvalue weighted by Crippen LogP contribution is -2.19. The van der Waals surface area contributed by atoms with Gasteiger partial charge < -0.3 is 11.1 Å². The molecule has 0 spiro atoms. The molecule has 0 atom stereocenters. The van der Waals surface area contributed by atoms with Crippen LogP contribution in [0.4, 0.5) is 5.69 Å². The minimum Gasteiger partial charge on any atom is -0.366 e. The Morgan fingerprint density at radius 2 is 1.26 bits per heavy atom. The maximum atomic E-state index is 13.1. The second-order valence-corrected chi connectivity index (χ2v) is 9.32. The van der Waals surface area contributed by atoms with Gasteiger partial charge in [0.15, 0.2) is 0 Å². The molecule has 0 bridgehead atoms. The molecule has 4 nitrogen and oxygen atoms in total. The van der Waals surface area contributed by atoms with E-state index in [1.54, 1.807) is 24.3 Å². The highest BCUT2D eigenvalue weighted by Gasteiger charge is 2.19. The molecule has 0 unspecified atom stereocenters. The predicted octanol–water partition coefficient (Wildman–Crippen LogP) is 6.67. The average molecular weight is 449 g/mol.